The second-order valence-corrected chi connectivity index (χ2v) is 4.99. The van der Waals surface area contributed by atoms with Crippen LogP contribution >= 0.6 is 0 Å². The van der Waals surface area contributed by atoms with Crippen molar-refractivity contribution >= 4 is 11.8 Å². The Balaban J connectivity index is 0.00000312. The highest BCUT2D eigenvalue weighted by Crippen LogP contribution is 2.04. The SMILES string of the molecule is C.N[C@@H](CNC(=O)c1ccc(C#Cc2ccccc2)cc1)C(=O)NO. The highest BCUT2D eigenvalue weighted by molar-refractivity contribution is 5.94. The molecule has 0 spiro atoms. The van der Waals surface area contributed by atoms with Gasteiger partial charge in [0.05, 0.1) is 0 Å². The van der Waals surface area contributed by atoms with Crippen LogP contribution in [-0.4, -0.2) is 29.6 Å². The Kier molecular flexibility index (Phi) is 7.87. The van der Waals surface area contributed by atoms with E-state index in [1.54, 1.807) is 24.3 Å². The lowest BCUT2D eigenvalue weighted by molar-refractivity contribution is -0.130. The highest BCUT2D eigenvalue weighted by Gasteiger charge is 2.14. The van der Waals surface area contributed by atoms with Gasteiger partial charge in [-0.15, -0.1) is 0 Å². The molecule has 2 aromatic carbocycles. The average molecular weight is 339 g/mol. The number of amides is 2. The molecular formula is C19H21N3O3. The van der Waals surface area contributed by atoms with E-state index in [0.717, 1.165) is 11.1 Å². The molecule has 6 nitrogen and oxygen atoms in total. The highest BCUT2D eigenvalue weighted by atomic mass is 16.5. The van der Waals surface area contributed by atoms with E-state index in [1.165, 1.54) is 5.48 Å². The number of benzene rings is 2. The molecule has 1 atom stereocenters. The standard InChI is InChI=1S/C18H17N3O3.CH4/c19-16(18(23)21-24)12-20-17(22)15-10-8-14(9-11-15)7-6-13-4-2-1-3-5-13;/h1-5,8-11,16,24H,12,19H2,(H,20,22)(H,21,23);1H4/t16-;/m0./s1. The van der Waals surface area contributed by atoms with E-state index in [1.807, 2.05) is 30.3 Å². The minimum absolute atomic E-state index is 0. The summed E-state index contributed by atoms with van der Waals surface area (Å²) in [6, 6.07) is 15.3. The van der Waals surface area contributed by atoms with Gasteiger partial charge in [-0.25, -0.2) is 5.48 Å². The Hall–Kier alpha value is -3.14. The van der Waals surface area contributed by atoms with Gasteiger partial charge in [0, 0.05) is 23.2 Å². The first-order chi connectivity index (χ1) is 11.6. The van der Waals surface area contributed by atoms with Crippen LogP contribution in [0.4, 0.5) is 0 Å². The lowest BCUT2D eigenvalue weighted by atomic mass is 10.1. The van der Waals surface area contributed by atoms with Gasteiger partial charge in [0.25, 0.3) is 11.8 Å². The van der Waals surface area contributed by atoms with Gasteiger partial charge in [-0.3, -0.25) is 14.8 Å². The third kappa shape index (κ3) is 6.11. The first kappa shape index (κ1) is 19.9. The van der Waals surface area contributed by atoms with Crippen LogP contribution in [0.25, 0.3) is 0 Å². The van der Waals surface area contributed by atoms with Crippen molar-refractivity contribution < 1.29 is 14.8 Å². The van der Waals surface area contributed by atoms with Gasteiger partial charge >= 0.3 is 0 Å². The van der Waals surface area contributed by atoms with Crippen LogP contribution in [-0.2, 0) is 4.79 Å². The Morgan fingerprint density at radius 1 is 1.00 bits per heavy atom. The maximum absolute atomic E-state index is 12.0. The van der Waals surface area contributed by atoms with Gasteiger partial charge in [-0.2, -0.15) is 0 Å². The van der Waals surface area contributed by atoms with E-state index < -0.39 is 11.9 Å². The van der Waals surface area contributed by atoms with Crippen LogP contribution < -0.4 is 16.5 Å². The predicted octanol–water partition coefficient (Wildman–Crippen LogP) is 1.28. The van der Waals surface area contributed by atoms with Gasteiger partial charge in [0.1, 0.15) is 6.04 Å². The topological polar surface area (TPSA) is 104 Å². The monoisotopic (exact) mass is 339 g/mol. The largest absolute Gasteiger partial charge is 0.350 e. The van der Waals surface area contributed by atoms with Crippen LogP contribution in [0, 0.1) is 11.8 Å². The summed E-state index contributed by atoms with van der Waals surface area (Å²) in [6.07, 6.45) is 0. The summed E-state index contributed by atoms with van der Waals surface area (Å²) >= 11 is 0. The first-order valence-electron chi connectivity index (χ1n) is 7.25. The molecule has 0 bridgehead atoms. The summed E-state index contributed by atoms with van der Waals surface area (Å²) in [7, 11) is 0. The summed E-state index contributed by atoms with van der Waals surface area (Å²) < 4.78 is 0. The zero-order valence-electron chi connectivity index (χ0n) is 12.8. The molecule has 0 saturated carbocycles. The normalized spacial score (nSPS) is 10.5. The van der Waals surface area contributed by atoms with Gasteiger partial charge < -0.3 is 11.1 Å². The molecule has 2 amide bonds. The number of rotatable bonds is 4. The number of carbonyl (C=O) groups is 2. The maximum atomic E-state index is 12.0. The van der Waals surface area contributed by atoms with Crippen molar-refractivity contribution in [2.45, 2.75) is 13.5 Å². The van der Waals surface area contributed by atoms with Crippen molar-refractivity contribution in [3.63, 3.8) is 0 Å². The summed E-state index contributed by atoms with van der Waals surface area (Å²) in [6.45, 7) is -0.0825. The molecule has 0 aliphatic heterocycles. The Morgan fingerprint density at radius 2 is 1.56 bits per heavy atom. The van der Waals surface area contributed by atoms with Gasteiger partial charge in [-0.1, -0.05) is 37.5 Å². The Bertz CT molecular complexity index is 762. The third-order valence-electron chi connectivity index (χ3n) is 3.20. The van der Waals surface area contributed by atoms with Gasteiger partial charge in [-0.05, 0) is 36.4 Å². The van der Waals surface area contributed by atoms with Crippen LogP contribution in [0.1, 0.15) is 28.9 Å². The molecule has 25 heavy (non-hydrogen) atoms. The van der Waals surface area contributed by atoms with Crippen molar-refractivity contribution in [3.05, 3.63) is 71.3 Å². The number of hydroxylamine groups is 1. The van der Waals surface area contributed by atoms with Crippen LogP contribution in [0.3, 0.4) is 0 Å². The molecule has 0 unspecified atom stereocenters. The number of carbonyl (C=O) groups excluding carboxylic acids is 2. The fourth-order valence-electron chi connectivity index (χ4n) is 1.85. The molecule has 2 rings (SSSR count). The van der Waals surface area contributed by atoms with Crippen molar-refractivity contribution in [1.82, 2.24) is 10.8 Å². The number of nitrogens with two attached hydrogens (primary N) is 1. The van der Waals surface area contributed by atoms with Crippen molar-refractivity contribution in [2.24, 2.45) is 5.73 Å². The fraction of sp³-hybridized carbons (Fsp3) is 0.158. The first-order valence-corrected chi connectivity index (χ1v) is 7.25. The summed E-state index contributed by atoms with van der Waals surface area (Å²) in [5.74, 6) is 4.93. The van der Waals surface area contributed by atoms with E-state index >= 15 is 0 Å². The zero-order chi connectivity index (χ0) is 17.4. The van der Waals surface area contributed by atoms with Gasteiger partial charge in [0.15, 0.2) is 0 Å². The van der Waals surface area contributed by atoms with Crippen LogP contribution in [0.15, 0.2) is 54.6 Å². The molecule has 0 heterocycles. The minimum Gasteiger partial charge on any atom is -0.350 e. The fourth-order valence-corrected chi connectivity index (χ4v) is 1.85. The zero-order valence-corrected chi connectivity index (χ0v) is 12.8. The number of hydrogen-bond acceptors (Lipinski definition) is 4. The van der Waals surface area contributed by atoms with E-state index in [0.29, 0.717) is 5.56 Å². The van der Waals surface area contributed by atoms with Crippen molar-refractivity contribution in [1.29, 1.82) is 0 Å². The molecule has 0 aliphatic rings. The molecule has 5 N–H and O–H groups in total. The molecule has 0 fully saturated rings. The van der Waals surface area contributed by atoms with E-state index in [2.05, 4.69) is 17.2 Å². The second-order valence-electron chi connectivity index (χ2n) is 4.99. The molecule has 6 heteroatoms. The average Bonchev–Trinajstić information content (AvgIpc) is 2.64. The Morgan fingerprint density at radius 3 is 2.12 bits per heavy atom. The number of nitrogens with one attached hydrogen (secondary N) is 2. The maximum Gasteiger partial charge on any atom is 0.262 e. The molecular weight excluding hydrogens is 318 g/mol. The summed E-state index contributed by atoms with van der Waals surface area (Å²) in [4.78, 5) is 23.0. The van der Waals surface area contributed by atoms with Crippen LogP contribution in [0.5, 0.6) is 0 Å². The lowest BCUT2D eigenvalue weighted by Gasteiger charge is -2.10. The molecule has 2 aromatic rings. The minimum atomic E-state index is -1.02. The third-order valence-corrected chi connectivity index (χ3v) is 3.20. The lowest BCUT2D eigenvalue weighted by Crippen LogP contribution is -2.47. The smallest absolute Gasteiger partial charge is 0.262 e. The molecule has 0 aliphatic carbocycles. The van der Waals surface area contributed by atoms with Crippen molar-refractivity contribution in [3.8, 4) is 11.8 Å². The number of hydrogen-bond donors (Lipinski definition) is 4. The molecule has 0 aromatic heterocycles. The second kappa shape index (κ2) is 9.88. The molecule has 0 radical (unpaired) electrons. The van der Waals surface area contributed by atoms with Gasteiger partial charge in [0.2, 0.25) is 0 Å². The molecule has 0 saturated heterocycles. The molecule has 130 valence electrons. The summed E-state index contributed by atoms with van der Waals surface area (Å²) in [5, 5.41) is 11.0. The van der Waals surface area contributed by atoms with Crippen molar-refractivity contribution in [2.75, 3.05) is 6.54 Å². The van der Waals surface area contributed by atoms with E-state index in [4.69, 9.17) is 10.9 Å². The van der Waals surface area contributed by atoms with E-state index in [-0.39, 0.29) is 19.9 Å². The van der Waals surface area contributed by atoms with E-state index in [9.17, 15) is 9.59 Å². The quantitative estimate of drug-likeness (QED) is 0.383. The predicted molar refractivity (Wildman–Crippen MR) is 95.8 cm³/mol. The Labute approximate surface area is 147 Å². The summed E-state index contributed by atoms with van der Waals surface area (Å²) in [5.41, 5.74) is 9.02. The van der Waals surface area contributed by atoms with Crippen LogP contribution in [0.2, 0.25) is 0 Å².